The summed E-state index contributed by atoms with van der Waals surface area (Å²) in [4.78, 5) is 2.61. The number of aliphatic hydroxyl groups is 2. The van der Waals surface area contributed by atoms with E-state index in [0.717, 1.165) is 38.0 Å². The van der Waals surface area contributed by atoms with Gasteiger partial charge in [0, 0.05) is 47.6 Å². The van der Waals surface area contributed by atoms with Crippen molar-refractivity contribution in [3.05, 3.63) is 143 Å². The van der Waals surface area contributed by atoms with E-state index < -0.39 is 11.5 Å². The Kier molecular flexibility index (Phi) is 8.61. The summed E-state index contributed by atoms with van der Waals surface area (Å²) in [5.41, 5.74) is 7.01. The van der Waals surface area contributed by atoms with Crippen molar-refractivity contribution in [1.29, 1.82) is 0 Å². The second-order valence-electron chi connectivity index (χ2n) is 13.0. The van der Waals surface area contributed by atoms with E-state index in [1.54, 1.807) is 0 Å². The van der Waals surface area contributed by atoms with Crippen molar-refractivity contribution in [2.45, 2.75) is 57.5 Å². The molecule has 1 aromatic heterocycles. The molecule has 0 saturated carbocycles. The van der Waals surface area contributed by atoms with Crippen molar-refractivity contribution < 1.29 is 14.9 Å². The SMILES string of the molecule is CC[C@@]1(C(O)COCc2ccccc2)CN(Cc2ccccc2)[C@H]2C[C@H]1[C@@H](CO)c1c2n(Cc2ccccc2)c2ccccc12. The molecule has 5 aromatic rings. The molecule has 45 heavy (non-hydrogen) atoms. The summed E-state index contributed by atoms with van der Waals surface area (Å²) in [7, 11) is 0. The quantitative estimate of drug-likeness (QED) is 0.167. The minimum Gasteiger partial charge on any atom is -0.396 e. The number of aliphatic hydroxyl groups excluding tert-OH is 2. The van der Waals surface area contributed by atoms with Crippen LogP contribution in [0.4, 0.5) is 0 Å². The number of rotatable bonds is 11. The van der Waals surface area contributed by atoms with E-state index in [1.165, 1.54) is 33.3 Å². The molecule has 5 nitrogen and oxygen atoms in total. The minimum absolute atomic E-state index is 0.0573. The molecule has 0 radical (unpaired) electrons. The third-order valence-corrected chi connectivity index (χ3v) is 10.7. The molecular formula is C40H44N2O3. The molecule has 1 aliphatic heterocycles. The number of para-hydroxylation sites is 1. The first-order valence-electron chi connectivity index (χ1n) is 16.5. The summed E-state index contributed by atoms with van der Waals surface area (Å²) >= 11 is 0. The Morgan fingerprint density at radius 1 is 0.800 bits per heavy atom. The van der Waals surface area contributed by atoms with Crippen molar-refractivity contribution >= 4 is 10.9 Å². The molecule has 0 spiro atoms. The van der Waals surface area contributed by atoms with Crippen LogP contribution in [0.25, 0.3) is 10.9 Å². The van der Waals surface area contributed by atoms with Gasteiger partial charge >= 0.3 is 0 Å². The van der Waals surface area contributed by atoms with Gasteiger partial charge in [0.1, 0.15) is 0 Å². The standard InChI is InChI=1S/C40H44N2O3/c1-2-40(37(44)27-45-26-31-18-10-5-11-19-31)28-41(23-29-14-6-3-7-15-29)36-22-34(40)33(25-43)38-32-20-12-13-21-35(32)42(39(36)38)24-30-16-8-4-9-17-30/h3-21,33-34,36-37,43-44H,2,22-28H2,1H3/t33-,34+,36+,37?,40-/m1/s1. The van der Waals surface area contributed by atoms with Gasteiger partial charge in [-0.05, 0) is 47.1 Å². The average Bonchev–Trinajstić information content (AvgIpc) is 3.41. The van der Waals surface area contributed by atoms with E-state index in [-0.39, 0.29) is 31.1 Å². The molecule has 2 aliphatic rings. The Labute approximate surface area is 266 Å². The van der Waals surface area contributed by atoms with Crippen molar-refractivity contribution in [3.8, 4) is 0 Å². The largest absolute Gasteiger partial charge is 0.396 e. The zero-order valence-electron chi connectivity index (χ0n) is 26.1. The van der Waals surface area contributed by atoms with E-state index in [2.05, 4.69) is 113 Å². The molecule has 1 fully saturated rings. The van der Waals surface area contributed by atoms with Gasteiger partial charge in [-0.1, -0.05) is 116 Å². The molecule has 1 saturated heterocycles. The van der Waals surface area contributed by atoms with Gasteiger partial charge in [0.15, 0.2) is 0 Å². The summed E-state index contributed by atoms with van der Waals surface area (Å²) in [6, 6.07) is 40.4. The van der Waals surface area contributed by atoms with Crippen LogP contribution in [0, 0.1) is 11.3 Å². The van der Waals surface area contributed by atoms with Crippen molar-refractivity contribution in [1.82, 2.24) is 9.47 Å². The van der Waals surface area contributed by atoms with Crippen LogP contribution in [0.1, 0.15) is 59.7 Å². The first kappa shape index (κ1) is 29.9. The van der Waals surface area contributed by atoms with Crippen molar-refractivity contribution in [2.24, 2.45) is 11.3 Å². The van der Waals surface area contributed by atoms with Gasteiger partial charge in [-0.25, -0.2) is 0 Å². The Hall–Kier alpha value is -3.74. The fourth-order valence-corrected chi connectivity index (χ4v) is 8.51. The maximum absolute atomic E-state index is 12.1. The lowest BCUT2D eigenvalue weighted by molar-refractivity contribution is -0.139. The van der Waals surface area contributed by atoms with Gasteiger partial charge in [0.25, 0.3) is 0 Å². The van der Waals surface area contributed by atoms with Gasteiger partial charge in [-0.15, -0.1) is 0 Å². The third kappa shape index (κ3) is 5.53. The van der Waals surface area contributed by atoms with Crippen LogP contribution in [0.3, 0.4) is 0 Å². The summed E-state index contributed by atoms with van der Waals surface area (Å²) in [6.45, 7) is 5.33. The number of aromatic nitrogens is 1. The highest BCUT2D eigenvalue weighted by molar-refractivity contribution is 5.87. The Morgan fingerprint density at radius 2 is 1.40 bits per heavy atom. The van der Waals surface area contributed by atoms with Crippen LogP contribution in [0.15, 0.2) is 115 Å². The van der Waals surface area contributed by atoms with Crippen LogP contribution in [0.2, 0.25) is 0 Å². The molecule has 7 rings (SSSR count). The summed E-state index contributed by atoms with van der Waals surface area (Å²) in [5, 5.41) is 24.6. The highest BCUT2D eigenvalue weighted by Crippen LogP contribution is 2.59. The Bertz CT molecular complexity index is 1700. The predicted molar refractivity (Wildman–Crippen MR) is 180 cm³/mol. The highest BCUT2D eigenvalue weighted by Gasteiger charge is 2.57. The first-order valence-corrected chi connectivity index (χ1v) is 16.5. The molecule has 5 heteroatoms. The van der Waals surface area contributed by atoms with Gasteiger partial charge in [0.05, 0.1) is 32.0 Å². The van der Waals surface area contributed by atoms with Crippen molar-refractivity contribution in [2.75, 3.05) is 19.8 Å². The fraction of sp³-hybridized carbons (Fsp3) is 0.350. The second-order valence-corrected chi connectivity index (χ2v) is 13.0. The first-order chi connectivity index (χ1) is 22.1. The van der Waals surface area contributed by atoms with Gasteiger partial charge in [0.2, 0.25) is 0 Å². The number of hydrogen-bond donors (Lipinski definition) is 2. The summed E-state index contributed by atoms with van der Waals surface area (Å²) < 4.78 is 8.71. The molecule has 1 unspecified atom stereocenters. The smallest absolute Gasteiger partial charge is 0.0844 e. The maximum atomic E-state index is 12.1. The molecule has 4 aromatic carbocycles. The van der Waals surface area contributed by atoms with Gasteiger partial charge in [-0.3, -0.25) is 4.90 Å². The molecule has 232 valence electrons. The average molecular weight is 601 g/mol. The minimum atomic E-state index is -0.663. The second kappa shape index (κ2) is 12.9. The van der Waals surface area contributed by atoms with Crippen LogP contribution in [-0.2, 0) is 24.4 Å². The number of piperidine rings is 1. The Balaban J connectivity index is 1.33. The lowest BCUT2D eigenvalue weighted by Gasteiger charge is -2.58. The summed E-state index contributed by atoms with van der Waals surface area (Å²) in [6.07, 6.45) is 1.03. The molecule has 2 N–H and O–H groups in total. The van der Waals surface area contributed by atoms with E-state index in [0.29, 0.717) is 6.61 Å². The third-order valence-electron chi connectivity index (χ3n) is 10.7. The normalized spacial score (nSPS) is 23.6. The number of fused-ring (bicyclic) bond motifs is 6. The van der Waals surface area contributed by atoms with Crippen molar-refractivity contribution in [3.63, 3.8) is 0 Å². The topological polar surface area (TPSA) is 57.9 Å². The highest BCUT2D eigenvalue weighted by atomic mass is 16.5. The Morgan fingerprint density at radius 3 is 2.04 bits per heavy atom. The van der Waals surface area contributed by atoms with Crippen LogP contribution < -0.4 is 0 Å². The molecule has 5 atom stereocenters. The molecule has 1 aliphatic carbocycles. The monoisotopic (exact) mass is 600 g/mol. The maximum Gasteiger partial charge on any atom is 0.0844 e. The van der Waals surface area contributed by atoms with Crippen LogP contribution >= 0.6 is 0 Å². The van der Waals surface area contributed by atoms with Crippen LogP contribution in [0.5, 0.6) is 0 Å². The lowest BCUT2D eigenvalue weighted by Crippen LogP contribution is -2.59. The van der Waals surface area contributed by atoms with E-state index >= 15 is 0 Å². The van der Waals surface area contributed by atoms with Gasteiger partial charge in [-0.2, -0.15) is 0 Å². The zero-order valence-corrected chi connectivity index (χ0v) is 26.1. The fourth-order valence-electron chi connectivity index (χ4n) is 8.51. The molecule has 0 amide bonds. The predicted octanol–water partition coefficient (Wildman–Crippen LogP) is 7.32. The number of ether oxygens (including phenoxy) is 1. The molecular weight excluding hydrogens is 556 g/mol. The lowest BCUT2D eigenvalue weighted by atomic mass is 9.56. The molecule has 2 heterocycles. The van der Waals surface area contributed by atoms with Gasteiger partial charge < -0.3 is 19.5 Å². The number of nitrogens with zero attached hydrogens (tertiary/aromatic N) is 2. The van der Waals surface area contributed by atoms with E-state index in [4.69, 9.17) is 4.74 Å². The molecule has 2 bridgehead atoms. The number of benzene rings is 4. The van der Waals surface area contributed by atoms with Crippen LogP contribution in [-0.4, -0.2) is 45.5 Å². The summed E-state index contributed by atoms with van der Waals surface area (Å²) in [5.74, 6) is 0.0455. The zero-order chi connectivity index (χ0) is 30.8. The number of likely N-dealkylation sites (tertiary alicyclic amines) is 1. The van der Waals surface area contributed by atoms with E-state index in [9.17, 15) is 10.2 Å². The number of hydrogen-bond acceptors (Lipinski definition) is 4. The van der Waals surface area contributed by atoms with E-state index in [1.807, 2.05) is 18.2 Å².